The van der Waals surface area contributed by atoms with Gasteiger partial charge in [0.1, 0.15) is 12.3 Å². The van der Waals surface area contributed by atoms with E-state index in [2.05, 4.69) is 5.32 Å². The van der Waals surface area contributed by atoms with Gasteiger partial charge in [0, 0.05) is 30.1 Å². The van der Waals surface area contributed by atoms with E-state index in [1.54, 1.807) is 7.11 Å². The number of nitrogens with one attached hydrogen (secondary N) is 1. The van der Waals surface area contributed by atoms with E-state index >= 15 is 0 Å². The average Bonchev–Trinajstić information content (AvgIpc) is 2.84. The highest BCUT2D eigenvalue weighted by molar-refractivity contribution is 5.82. The Morgan fingerprint density at radius 1 is 1.47 bits per heavy atom. The number of methoxy groups -OCH3 is 1. The molecule has 2 aromatic rings. The minimum Gasteiger partial charge on any atom is -0.497 e. The van der Waals surface area contributed by atoms with Crippen molar-refractivity contribution in [2.75, 3.05) is 13.7 Å². The quantitative estimate of drug-likeness (QED) is 0.829. The minimum atomic E-state index is -0.114. The summed E-state index contributed by atoms with van der Waals surface area (Å²) in [7, 11) is 1.64. The summed E-state index contributed by atoms with van der Waals surface area (Å²) in [5, 5.41) is 12.0. The highest BCUT2D eigenvalue weighted by Gasteiger charge is 2.05. The number of aromatic nitrogens is 1. The van der Waals surface area contributed by atoms with Gasteiger partial charge in [-0.15, -0.1) is 0 Å². The molecule has 0 saturated carbocycles. The first-order valence-corrected chi connectivity index (χ1v) is 6.01. The zero-order valence-electron chi connectivity index (χ0n) is 10.7. The molecule has 1 aromatic carbocycles. The third-order valence-corrected chi connectivity index (χ3v) is 2.92. The number of rotatable bonds is 5. The van der Waals surface area contributed by atoms with Crippen LogP contribution >= 0.6 is 0 Å². The minimum absolute atomic E-state index is 0.0580. The van der Waals surface area contributed by atoms with E-state index in [-0.39, 0.29) is 12.5 Å². The topological polar surface area (TPSA) is 67.0 Å². The Labute approximate surface area is 111 Å². The Kier molecular flexibility index (Phi) is 4.04. The van der Waals surface area contributed by atoms with Crippen LogP contribution < -0.4 is 10.1 Å². The number of hydrogen-bond acceptors (Lipinski definition) is 3. The molecule has 98 valence electrons. The molecular formula is C14H15N3O2. The highest BCUT2D eigenvalue weighted by atomic mass is 16.5. The van der Waals surface area contributed by atoms with Gasteiger partial charge in [0.2, 0.25) is 5.91 Å². The van der Waals surface area contributed by atoms with Gasteiger partial charge < -0.3 is 14.6 Å². The normalized spacial score (nSPS) is 10.1. The van der Waals surface area contributed by atoms with Gasteiger partial charge in [-0.05, 0) is 24.3 Å². The van der Waals surface area contributed by atoms with Crippen molar-refractivity contribution in [2.24, 2.45) is 0 Å². The van der Waals surface area contributed by atoms with Gasteiger partial charge in [-0.1, -0.05) is 0 Å². The molecule has 0 aliphatic carbocycles. The van der Waals surface area contributed by atoms with Crippen molar-refractivity contribution in [1.82, 2.24) is 9.88 Å². The van der Waals surface area contributed by atoms with E-state index in [0.29, 0.717) is 13.0 Å². The molecule has 0 fully saturated rings. The second-order valence-corrected chi connectivity index (χ2v) is 4.12. The molecule has 0 bridgehead atoms. The maximum absolute atomic E-state index is 11.4. The Morgan fingerprint density at radius 2 is 2.32 bits per heavy atom. The van der Waals surface area contributed by atoms with Crippen LogP contribution in [0.3, 0.4) is 0 Å². The number of amides is 1. The third-order valence-electron chi connectivity index (χ3n) is 2.92. The number of nitriles is 1. The van der Waals surface area contributed by atoms with E-state index in [9.17, 15) is 4.79 Å². The van der Waals surface area contributed by atoms with Gasteiger partial charge in [-0.25, -0.2) is 0 Å². The molecule has 1 heterocycles. The number of carbonyl (C=O) groups excluding carboxylic acids is 1. The molecule has 5 nitrogen and oxygen atoms in total. The van der Waals surface area contributed by atoms with Crippen LogP contribution in [0.2, 0.25) is 0 Å². The van der Waals surface area contributed by atoms with Crippen LogP contribution in [0, 0.1) is 11.3 Å². The molecule has 0 saturated heterocycles. The molecular weight excluding hydrogens is 242 g/mol. The molecule has 1 amide bonds. The largest absolute Gasteiger partial charge is 0.497 e. The van der Waals surface area contributed by atoms with E-state index < -0.39 is 0 Å². The van der Waals surface area contributed by atoms with Crippen molar-refractivity contribution in [3.05, 3.63) is 30.5 Å². The summed E-state index contributed by atoms with van der Waals surface area (Å²) in [5.74, 6) is 0.703. The molecule has 0 aliphatic rings. The summed E-state index contributed by atoms with van der Waals surface area (Å²) in [5.41, 5.74) is 1.06. The molecule has 0 spiro atoms. The lowest BCUT2D eigenvalue weighted by Crippen LogP contribution is -2.24. The highest BCUT2D eigenvalue weighted by Crippen LogP contribution is 2.21. The fourth-order valence-corrected chi connectivity index (χ4v) is 1.95. The maximum Gasteiger partial charge on any atom is 0.222 e. The second kappa shape index (κ2) is 5.91. The summed E-state index contributed by atoms with van der Waals surface area (Å²) in [4.78, 5) is 11.4. The first kappa shape index (κ1) is 13.0. The summed E-state index contributed by atoms with van der Waals surface area (Å²) in [6, 6.07) is 9.70. The second-order valence-electron chi connectivity index (χ2n) is 4.12. The van der Waals surface area contributed by atoms with E-state index in [4.69, 9.17) is 10.00 Å². The number of carbonyl (C=O) groups is 1. The van der Waals surface area contributed by atoms with Gasteiger partial charge in [0.05, 0.1) is 13.2 Å². The molecule has 5 heteroatoms. The van der Waals surface area contributed by atoms with E-state index in [0.717, 1.165) is 16.7 Å². The molecule has 0 unspecified atom stereocenters. The molecule has 0 aliphatic heterocycles. The van der Waals surface area contributed by atoms with Crippen molar-refractivity contribution >= 4 is 16.8 Å². The lowest BCUT2D eigenvalue weighted by atomic mass is 10.2. The third kappa shape index (κ3) is 3.05. The maximum atomic E-state index is 11.4. The summed E-state index contributed by atoms with van der Waals surface area (Å²) >= 11 is 0. The number of fused-ring (bicyclic) bond motifs is 1. The van der Waals surface area contributed by atoms with Gasteiger partial charge >= 0.3 is 0 Å². The fraction of sp³-hybridized carbons (Fsp3) is 0.286. The first-order valence-electron chi connectivity index (χ1n) is 6.01. The Morgan fingerprint density at radius 3 is 3.05 bits per heavy atom. The predicted octanol–water partition coefficient (Wildman–Crippen LogP) is 1.68. The number of nitrogens with zero attached hydrogens (tertiary/aromatic N) is 2. The Balaban J connectivity index is 2.05. The zero-order valence-corrected chi connectivity index (χ0v) is 10.7. The fourth-order valence-electron chi connectivity index (χ4n) is 1.95. The van der Waals surface area contributed by atoms with E-state index in [1.165, 1.54) is 0 Å². The van der Waals surface area contributed by atoms with Crippen LogP contribution in [0.5, 0.6) is 5.75 Å². The monoisotopic (exact) mass is 257 g/mol. The van der Waals surface area contributed by atoms with Crippen LogP contribution in [0.15, 0.2) is 30.5 Å². The first-order chi connectivity index (χ1) is 9.24. The van der Waals surface area contributed by atoms with Gasteiger partial charge in [-0.3, -0.25) is 4.79 Å². The molecule has 1 aromatic heterocycles. The van der Waals surface area contributed by atoms with Crippen LogP contribution in [0.1, 0.15) is 6.42 Å². The number of aryl methyl sites for hydroxylation is 1. The van der Waals surface area contributed by atoms with E-state index in [1.807, 2.05) is 41.1 Å². The van der Waals surface area contributed by atoms with Crippen molar-refractivity contribution in [3.63, 3.8) is 0 Å². The molecule has 0 radical (unpaired) electrons. The molecule has 2 rings (SSSR count). The van der Waals surface area contributed by atoms with Crippen molar-refractivity contribution in [3.8, 4) is 11.8 Å². The Bertz CT molecular complexity index is 625. The standard InChI is InChI=1S/C14H15N3O2/c1-19-12-2-3-13-11(10-12)4-8-17(13)9-5-14(18)16-7-6-15/h2-4,8,10H,5,7,9H2,1H3,(H,16,18). The zero-order chi connectivity index (χ0) is 13.7. The number of hydrogen-bond donors (Lipinski definition) is 1. The van der Waals surface area contributed by atoms with Gasteiger partial charge in [0.15, 0.2) is 0 Å². The van der Waals surface area contributed by atoms with Crippen molar-refractivity contribution < 1.29 is 9.53 Å². The molecule has 0 atom stereocenters. The SMILES string of the molecule is COc1ccc2c(ccn2CCC(=O)NCC#N)c1. The predicted molar refractivity (Wildman–Crippen MR) is 71.7 cm³/mol. The van der Waals surface area contributed by atoms with Gasteiger partial charge in [0.25, 0.3) is 0 Å². The lowest BCUT2D eigenvalue weighted by molar-refractivity contribution is -0.121. The summed E-state index contributed by atoms with van der Waals surface area (Å²) < 4.78 is 7.18. The molecule has 19 heavy (non-hydrogen) atoms. The van der Waals surface area contributed by atoms with Crippen molar-refractivity contribution in [2.45, 2.75) is 13.0 Å². The van der Waals surface area contributed by atoms with Gasteiger partial charge in [-0.2, -0.15) is 5.26 Å². The summed E-state index contributed by atoms with van der Waals surface area (Å²) in [6.45, 7) is 0.648. The van der Waals surface area contributed by atoms with Crippen LogP contribution in [0.4, 0.5) is 0 Å². The van der Waals surface area contributed by atoms with Crippen LogP contribution in [-0.2, 0) is 11.3 Å². The summed E-state index contributed by atoms with van der Waals surface area (Å²) in [6.07, 6.45) is 2.30. The number of benzene rings is 1. The average molecular weight is 257 g/mol. The smallest absolute Gasteiger partial charge is 0.222 e. The molecule has 1 N–H and O–H groups in total. The van der Waals surface area contributed by atoms with Crippen molar-refractivity contribution in [1.29, 1.82) is 5.26 Å². The van der Waals surface area contributed by atoms with Crippen LogP contribution in [0.25, 0.3) is 10.9 Å². The lowest BCUT2D eigenvalue weighted by Gasteiger charge is -2.06. The number of ether oxygens (including phenoxy) is 1. The Hall–Kier alpha value is -2.48. The van der Waals surface area contributed by atoms with Crippen LogP contribution in [-0.4, -0.2) is 24.1 Å².